The van der Waals surface area contributed by atoms with Crippen LogP contribution in [0.1, 0.15) is 38.8 Å². The number of methoxy groups -OCH3 is 1. The molecule has 1 N–H and O–H groups in total. The predicted octanol–water partition coefficient (Wildman–Crippen LogP) is 2.85. The molecule has 1 aromatic rings. The van der Waals surface area contributed by atoms with Crippen molar-refractivity contribution in [3.05, 3.63) is 29.8 Å². The van der Waals surface area contributed by atoms with Crippen molar-refractivity contribution in [2.24, 2.45) is 11.8 Å². The first kappa shape index (κ1) is 16.8. The molecule has 0 aromatic heterocycles. The third kappa shape index (κ3) is 3.80. The number of hydrogen-bond acceptors (Lipinski definition) is 3. The van der Waals surface area contributed by atoms with Crippen LogP contribution in [0.3, 0.4) is 0 Å². The molecule has 1 aromatic carbocycles. The Bertz CT molecular complexity index is 502. The first-order valence-electron chi connectivity index (χ1n) is 8.17. The lowest BCUT2D eigenvalue weighted by Crippen LogP contribution is -2.49. The van der Waals surface area contributed by atoms with Gasteiger partial charge in [-0.1, -0.05) is 39.0 Å². The average molecular weight is 304 g/mol. The van der Waals surface area contributed by atoms with Gasteiger partial charge in [0.25, 0.3) is 0 Å². The summed E-state index contributed by atoms with van der Waals surface area (Å²) in [4.78, 5) is 14.8. The Morgan fingerprint density at radius 1 is 1.36 bits per heavy atom. The van der Waals surface area contributed by atoms with Crippen LogP contribution in [0.2, 0.25) is 0 Å². The van der Waals surface area contributed by atoms with Crippen molar-refractivity contribution in [2.75, 3.05) is 26.7 Å². The molecular formula is C18H28N2O2. The molecule has 2 atom stereocenters. The molecule has 1 fully saturated rings. The fourth-order valence-electron chi connectivity index (χ4n) is 2.85. The number of ether oxygens (including phenoxy) is 1. The zero-order valence-electron chi connectivity index (χ0n) is 14.1. The topological polar surface area (TPSA) is 41.6 Å². The molecule has 22 heavy (non-hydrogen) atoms. The lowest BCUT2D eigenvalue weighted by molar-refractivity contribution is -0.135. The van der Waals surface area contributed by atoms with Gasteiger partial charge >= 0.3 is 0 Å². The van der Waals surface area contributed by atoms with Crippen molar-refractivity contribution in [3.8, 4) is 5.75 Å². The smallest absolute Gasteiger partial charge is 0.223 e. The summed E-state index contributed by atoms with van der Waals surface area (Å²) in [6.07, 6.45) is 0.614. The van der Waals surface area contributed by atoms with Crippen LogP contribution in [0.5, 0.6) is 5.75 Å². The Morgan fingerprint density at radius 2 is 2.09 bits per heavy atom. The number of rotatable bonds is 5. The monoisotopic (exact) mass is 304 g/mol. The molecule has 1 aliphatic heterocycles. The number of benzene rings is 1. The molecule has 0 saturated carbocycles. The van der Waals surface area contributed by atoms with Crippen LogP contribution in [-0.2, 0) is 4.79 Å². The standard InChI is InChI=1S/C18H28N2O2/c1-13(2)14(3)11-18(21)20-10-9-19-12-16(20)15-7-5-6-8-17(15)22-4/h5-8,13-14,16,19H,9-12H2,1-4H3. The summed E-state index contributed by atoms with van der Waals surface area (Å²) in [7, 11) is 1.68. The van der Waals surface area contributed by atoms with Crippen molar-refractivity contribution in [1.29, 1.82) is 0 Å². The summed E-state index contributed by atoms with van der Waals surface area (Å²) in [5.74, 6) is 2.03. The molecule has 122 valence electrons. The molecule has 1 amide bonds. The number of carbonyl (C=O) groups excluding carboxylic acids is 1. The molecular weight excluding hydrogens is 276 g/mol. The number of amides is 1. The third-order valence-corrected chi connectivity index (χ3v) is 4.70. The van der Waals surface area contributed by atoms with E-state index in [2.05, 4.69) is 32.2 Å². The Kier molecular flexibility index (Phi) is 5.83. The summed E-state index contributed by atoms with van der Waals surface area (Å²) in [5, 5.41) is 3.40. The number of para-hydroxylation sites is 1. The Labute approximate surface area is 133 Å². The predicted molar refractivity (Wildman–Crippen MR) is 88.9 cm³/mol. The molecule has 1 aliphatic rings. The number of piperazine rings is 1. The van der Waals surface area contributed by atoms with Crippen LogP contribution in [-0.4, -0.2) is 37.6 Å². The van der Waals surface area contributed by atoms with E-state index in [0.29, 0.717) is 18.3 Å². The highest BCUT2D eigenvalue weighted by Gasteiger charge is 2.30. The Morgan fingerprint density at radius 3 is 2.77 bits per heavy atom. The summed E-state index contributed by atoms with van der Waals surface area (Å²) in [6, 6.07) is 8.04. The fraction of sp³-hybridized carbons (Fsp3) is 0.611. The van der Waals surface area contributed by atoms with Gasteiger partial charge in [0, 0.05) is 31.6 Å². The second-order valence-corrected chi connectivity index (χ2v) is 6.47. The van der Waals surface area contributed by atoms with Crippen LogP contribution in [0, 0.1) is 11.8 Å². The van der Waals surface area contributed by atoms with Crippen LogP contribution in [0.15, 0.2) is 24.3 Å². The van der Waals surface area contributed by atoms with Crippen molar-refractivity contribution >= 4 is 5.91 Å². The van der Waals surface area contributed by atoms with E-state index in [0.717, 1.165) is 30.9 Å². The van der Waals surface area contributed by atoms with E-state index < -0.39 is 0 Å². The normalized spacial score (nSPS) is 20.0. The molecule has 0 bridgehead atoms. The van der Waals surface area contributed by atoms with Gasteiger partial charge in [0.2, 0.25) is 5.91 Å². The van der Waals surface area contributed by atoms with E-state index in [9.17, 15) is 4.79 Å². The number of hydrogen-bond donors (Lipinski definition) is 1. The first-order valence-corrected chi connectivity index (χ1v) is 8.17. The lowest BCUT2D eigenvalue weighted by Gasteiger charge is -2.38. The van der Waals surface area contributed by atoms with Gasteiger partial charge in [0.05, 0.1) is 13.2 Å². The van der Waals surface area contributed by atoms with Crippen molar-refractivity contribution in [2.45, 2.75) is 33.2 Å². The lowest BCUT2D eigenvalue weighted by atomic mass is 9.93. The zero-order valence-corrected chi connectivity index (χ0v) is 14.1. The van der Waals surface area contributed by atoms with Crippen LogP contribution < -0.4 is 10.1 Å². The molecule has 0 spiro atoms. The van der Waals surface area contributed by atoms with Crippen molar-refractivity contribution in [3.63, 3.8) is 0 Å². The van der Waals surface area contributed by atoms with Crippen molar-refractivity contribution < 1.29 is 9.53 Å². The van der Waals surface area contributed by atoms with Crippen LogP contribution >= 0.6 is 0 Å². The number of carbonyl (C=O) groups is 1. The molecule has 0 radical (unpaired) electrons. The van der Waals surface area contributed by atoms with Gasteiger partial charge in [0.1, 0.15) is 5.75 Å². The van der Waals surface area contributed by atoms with Crippen LogP contribution in [0.4, 0.5) is 0 Å². The van der Waals surface area contributed by atoms with E-state index in [4.69, 9.17) is 4.74 Å². The van der Waals surface area contributed by atoms with Gasteiger partial charge in [-0.05, 0) is 17.9 Å². The summed E-state index contributed by atoms with van der Waals surface area (Å²) in [5.41, 5.74) is 1.09. The summed E-state index contributed by atoms with van der Waals surface area (Å²) >= 11 is 0. The highest BCUT2D eigenvalue weighted by Crippen LogP contribution is 2.31. The van der Waals surface area contributed by atoms with E-state index in [1.54, 1.807) is 7.11 Å². The Hall–Kier alpha value is -1.55. The highest BCUT2D eigenvalue weighted by atomic mass is 16.5. The fourth-order valence-corrected chi connectivity index (χ4v) is 2.85. The molecule has 2 unspecified atom stereocenters. The number of nitrogens with zero attached hydrogens (tertiary/aromatic N) is 1. The maximum absolute atomic E-state index is 12.8. The number of nitrogens with one attached hydrogen (secondary N) is 1. The van der Waals surface area contributed by atoms with E-state index in [1.807, 2.05) is 23.1 Å². The molecule has 1 heterocycles. The van der Waals surface area contributed by atoms with Gasteiger partial charge in [-0.2, -0.15) is 0 Å². The van der Waals surface area contributed by atoms with Gasteiger partial charge in [-0.3, -0.25) is 4.79 Å². The second kappa shape index (κ2) is 7.63. The molecule has 4 heteroatoms. The maximum atomic E-state index is 12.8. The van der Waals surface area contributed by atoms with Gasteiger partial charge < -0.3 is 15.0 Å². The average Bonchev–Trinajstić information content (AvgIpc) is 2.54. The van der Waals surface area contributed by atoms with E-state index in [-0.39, 0.29) is 11.9 Å². The van der Waals surface area contributed by atoms with E-state index >= 15 is 0 Å². The summed E-state index contributed by atoms with van der Waals surface area (Å²) in [6.45, 7) is 8.89. The van der Waals surface area contributed by atoms with Gasteiger partial charge in [-0.15, -0.1) is 0 Å². The molecule has 0 aliphatic carbocycles. The quantitative estimate of drug-likeness (QED) is 0.909. The third-order valence-electron chi connectivity index (χ3n) is 4.70. The zero-order chi connectivity index (χ0) is 16.1. The van der Waals surface area contributed by atoms with Crippen LogP contribution in [0.25, 0.3) is 0 Å². The first-order chi connectivity index (χ1) is 10.5. The second-order valence-electron chi connectivity index (χ2n) is 6.47. The highest BCUT2D eigenvalue weighted by molar-refractivity contribution is 5.77. The minimum Gasteiger partial charge on any atom is -0.496 e. The molecule has 1 saturated heterocycles. The van der Waals surface area contributed by atoms with Gasteiger partial charge in [0.15, 0.2) is 0 Å². The van der Waals surface area contributed by atoms with E-state index in [1.165, 1.54) is 0 Å². The summed E-state index contributed by atoms with van der Waals surface area (Å²) < 4.78 is 5.48. The molecule has 4 nitrogen and oxygen atoms in total. The SMILES string of the molecule is COc1ccccc1C1CNCCN1C(=O)CC(C)C(C)C. The minimum absolute atomic E-state index is 0.0526. The largest absolute Gasteiger partial charge is 0.496 e. The molecule has 2 rings (SSSR count). The minimum atomic E-state index is 0.0526. The van der Waals surface area contributed by atoms with Gasteiger partial charge in [-0.25, -0.2) is 0 Å². The van der Waals surface area contributed by atoms with Crippen molar-refractivity contribution in [1.82, 2.24) is 10.2 Å². The maximum Gasteiger partial charge on any atom is 0.223 e. The Balaban J connectivity index is 2.19.